The highest BCUT2D eigenvalue weighted by Crippen LogP contribution is 2.57. The van der Waals surface area contributed by atoms with Crippen LogP contribution in [0.3, 0.4) is 0 Å². The van der Waals surface area contributed by atoms with E-state index in [0.29, 0.717) is 42.1 Å². The van der Waals surface area contributed by atoms with Crippen LogP contribution in [-0.4, -0.2) is 16.1 Å². The van der Waals surface area contributed by atoms with E-state index < -0.39 is 11.0 Å². The number of benzene rings is 2. The highest BCUT2D eigenvalue weighted by Gasteiger charge is 2.60. The van der Waals surface area contributed by atoms with Gasteiger partial charge in [0.2, 0.25) is 5.91 Å². The fourth-order valence-electron chi connectivity index (χ4n) is 4.64. The Morgan fingerprint density at radius 2 is 1.73 bits per heavy atom. The molecule has 1 amide bonds. The van der Waals surface area contributed by atoms with Crippen molar-refractivity contribution >= 4 is 23.2 Å². The molecular formula is C27H25ClFNO3. The standard InChI is InChI=1S/C27H25ClFNO3/c1-2-4-23(31)5-3-6-24-26(25(32)30(24)22-13-11-21(29)12-14-22)15-17-27(33,18-16-26)19-7-9-20(28)10-8-19/h2-5,7-14,31,33H,15-18H2,1H3/b4-2-,23-5+. The fourth-order valence-corrected chi connectivity index (χ4v) is 4.77. The number of hydrogen-bond acceptors (Lipinski definition) is 3. The predicted octanol–water partition coefficient (Wildman–Crippen LogP) is 6.33. The van der Waals surface area contributed by atoms with E-state index in [9.17, 15) is 19.4 Å². The average molecular weight is 466 g/mol. The summed E-state index contributed by atoms with van der Waals surface area (Å²) >= 11 is 5.99. The summed E-state index contributed by atoms with van der Waals surface area (Å²) < 4.78 is 13.4. The number of β-lactam (4-membered cyclic amide) rings is 1. The Morgan fingerprint density at radius 3 is 2.33 bits per heavy atom. The van der Waals surface area contributed by atoms with Gasteiger partial charge in [0.05, 0.1) is 16.7 Å². The van der Waals surface area contributed by atoms with Crippen LogP contribution < -0.4 is 4.90 Å². The largest absolute Gasteiger partial charge is 0.508 e. The lowest BCUT2D eigenvalue weighted by Gasteiger charge is -2.54. The first-order valence-electron chi connectivity index (χ1n) is 10.9. The van der Waals surface area contributed by atoms with Crippen molar-refractivity contribution in [2.45, 2.75) is 38.2 Å². The quantitative estimate of drug-likeness (QED) is 0.240. The van der Waals surface area contributed by atoms with Crippen molar-refractivity contribution in [2.24, 2.45) is 5.41 Å². The number of allylic oxidation sites excluding steroid dienone is 3. The van der Waals surface area contributed by atoms with Crippen LogP contribution >= 0.6 is 11.6 Å². The Hall–Kier alpha value is -3.11. The lowest BCUT2D eigenvalue weighted by molar-refractivity contribution is -0.137. The Balaban J connectivity index is 1.67. The monoisotopic (exact) mass is 465 g/mol. The number of nitrogens with zero attached hydrogens (tertiary/aromatic N) is 1. The topological polar surface area (TPSA) is 60.8 Å². The number of aliphatic hydroxyl groups excluding tert-OH is 1. The van der Waals surface area contributed by atoms with Gasteiger partial charge in [-0.25, -0.2) is 4.39 Å². The average Bonchev–Trinajstić information content (AvgIpc) is 2.80. The van der Waals surface area contributed by atoms with Crippen LogP contribution in [0.1, 0.15) is 38.2 Å². The molecule has 0 radical (unpaired) electrons. The number of hydrogen-bond donors (Lipinski definition) is 2. The lowest BCUT2D eigenvalue weighted by Crippen LogP contribution is -2.61. The summed E-state index contributed by atoms with van der Waals surface area (Å²) in [6, 6.07) is 12.9. The van der Waals surface area contributed by atoms with Crippen LogP contribution in [-0.2, 0) is 10.4 Å². The number of carbonyl (C=O) groups is 1. The van der Waals surface area contributed by atoms with Gasteiger partial charge < -0.3 is 10.2 Å². The van der Waals surface area contributed by atoms with Crippen LogP contribution in [0.2, 0.25) is 5.02 Å². The van der Waals surface area contributed by atoms with Crippen LogP contribution in [0.25, 0.3) is 0 Å². The minimum Gasteiger partial charge on any atom is -0.508 e. The molecule has 170 valence electrons. The molecule has 1 saturated carbocycles. The van der Waals surface area contributed by atoms with Gasteiger partial charge in [0.1, 0.15) is 11.6 Å². The predicted molar refractivity (Wildman–Crippen MR) is 127 cm³/mol. The second-order valence-corrected chi connectivity index (χ2v) is 8.93. The molecule has 0 atom stereocenters. The third kappa shape index (κ3) is 4.28. The number of halogens is 2. The SMILES string of the molecule is C/C=C\C(O)=C/C=C=C1N(c2ccc(F)cc2)C(=O)C12CCC(O)(c1ccc(Cl)cc1)CC2. The Kier molecular flexibility index (Phi) is 6.31. The van der Waals surface area contributed by atoms with Gasteiger partial charge in [-0.05, 0) is 92.8 Å². The molecule has 1 spiro atoms. The van der Waals surface area contributed by atoms with E-state index >= 15 is 0 Å². The number of anilines is 1. The molecule has 1 aliphatic carbocycles. The fraction of sp³-hybridized carbons (Fsp3) is 0.259. The van der Waals surface area contributed by atoms with Crippen LogP contribution in [0.5, 0.6) is 0 Å². The highest BCUT2D eigenvalue weighted by molar-refractivity contribution is 6.30. The number of aliphatic hydroxyl groups is 2. The smallest absolute Gasteiger partial charge is 0.244 e. The van der Waals surface area contributed by atoms with Crippen LogP contribution in [0.4, 0.5) is 10.1 Å². The zero-order valence-corrected chi connectivity index (χ0v) is 19.0. The minimum absolute atomic E-state index is 0.0689. The van der Waals surface area contributed by atoms with Gasteiger partial charge in [-0.1, -0.05) is 35.5 Å². The van der Waals surface area contributed by atoms with E-state index in [1.807, 2.05) is 12.1 Å². The van der Waals surface area contributed by atoms with Crippen LogP contribution in [0.15, 0.2) is 90.0 Å². The number of carbonyl (C=O) groups excluding carboxylic acids is 1. The van der Waals surface area contributed by atoms with E-state index in [1.165, 1.54) is 23.1 Å². The molecule has 2 N–H and O–H groups in total. The molecular weight excluding hydrogens is 441 g/mol. The molecule has 4 nitrogen and oxygen atoms in total. The molecule has 0 bridgehead atoms. The van der Waals surface area contributed by atoms with Gasteiger partial charge >= 0.3 is 0 Å². The maximum Gasteiger partial charge on any atom is 0.244 e. The van der Waals surface area contributed by atoms with E-state index in [-0.39, 0.29) is 17.5 Å². The van der Waals surface area contributed by atoms with E-state index in [4.69, 9.17) is 11.6 Å². The Bertz CT molecular complexity index is 1170. The third-order valence-corrected chi connectivity index (χ3v) is 6.75. The second kappa shape index (κ2) is 9.03. The first-order valence-corrected chi connectivity index (χ1v) is 11.2. The van der Waals surface area contributed by atoms with Crippen molar-refractivity contribution in [3.63, 3.8) is 0 Å². The molecule has 2 fully saturated rings. The normalized spacial score (nSPS) is 25.3. The molecule has 0 aromatic heterocycles. The molecule has 2 aromatic rings. The molecule has 2 aliphatic rings. The van der Waals surface area contributed by atoms with Crippen molar-refractivity contribution in [3.8, 4) is 0 Å². The van der Waals surface area contributed by atoms with Crippen molar-refractivity contribution in [3.05, 3.63) is 106 Å². The summed E-state index contributed by atoms with van der Waals surface area (Å²) in [6.07, 6.45) is 8.05. The zero-order valence-electron chi connectivity index (χ0n) is 18.3. The molecule has 33 heavy (non-hydrogen) atoms. The van der Waals surface area contributed by atoms with Crippen molar-refractivity contribution < 1.29 is 19.4 Å². The van der Waals surface area contributed by atoms with Crippen molar-refractivity contribution in [2.75, 3.05) is 4.90 Å². The lowest BCUT2D eigenvalue weighted by atomic mass is 9.60. The van der Waals surface area contributed by atoms with E-state index in [2.05, 4.69) is 5.73 Å². The summed E-state index contributed by atoms with van der Waals surface area (Å²) in [5, 5.41) is 21.7. The van der Waals surface area contributed by atoms with Gasteiger partial charge in [-0.2, -0.15) is 0 Å². The van der Waals surface area contributed by atoms with Gasteiger partial charge in [0, 0.05) is 10.7 Å². The first-order chi connectivity index (χ1) is 15.8. The highest BCUT2D eigenvalue weighted by atomic mass is 35.5. The van der Waals surface area contributed by atoms with E-state index in [1.54, 1.807) is 49.4 Å². The first kappa shape index (κ1) is 23.1. The molecule has 1 heterocycles. The molecule has 1 saturated heterocycles. The molecule has 0 unspecified atom stereocenters. The Morgan fingerprint density at radius 1 is 1.09 bits per heavy atom. The van der Waals surface area contributed by atoms with E-state index in [0.717, 1.165) is 5.56 Å². The number of rotatable bonds is 4. The molecule has 4 rings (SSSR count). The van der Waals surface area contributed by atoms with Gasteiger partial charge in [-0.15, -0.1) is 0 Å². The zero-order chi connectivity index (χ0) is 23.6. The second-order valence-electron chi connectivity index (χ2n) is 8.49. The minimum atomic E-state index is -1.04. The van der Waals surface area contributed by atoms with Crippen molar-refractivity contribution in [1.82, 2.24) is 0 Å². The maximum absolute atomic E-state index is 13.4. The third-order valence-electron chi connectivity index (χ3n) is 6.50. The summed E-state index contributed by atoms with van der Waals surface area (Å²) in [6.45, 7) is 1.80. The van der Waals surface area contributed by atoms with Crippen LogP contribution in [0, 0.1) is 11.2 Å². The Labute approximate surface area is 197 Å². The maximum atomic E-state index is 13.4. The molecule has 2 aromatic carbocycles. The summed E-state index contributed by atoms with van der Waals surface area (Å²) in [4.78, 5) is 14.9. The number of amides is 1. The molecule has 1 aliphatic heterocycles. The summed E-state index contributed by atoms with van der Waals surface area (Å²) in [5.74, 6) is -0.406. The van der Waals surface area contributed by atoms with Crippen molar-refractivity contribution in [1.29, 1.82) is 0 Å². The van der Waals surface area contributed by atoms with Gasteiger partial charge in [-0.3, -0.25) is 9.69 Å². The summed E-state index contributed by atoms with van der Waals surface area (Å²) in [5.41, 5.74) is 3.34. The van der Waals surface area contributed by atoms with Gasteiger partial charge in [0.25, 0.3) is 0 Å². The van der Waals surface area contributed by atoms with Gasteiger partial charge in [0.15, 0.2) is 0 Å². The summed E-state index contributed by atoms with van der Waals surface area (Å²) in [7, 11) is 0. The molecule has 6 heteroatoms.